The number of anilines is 2. The van der Waals surface area contributed by atoms with Crippen molar-refractivity contribution >= 4 is 22.4 Å². The summed E-state index contributed by atoms with van der Waals surface area (Å²) in [6, 6.07) is 10.9. The van der Waals surface area contributed by atoms with Gasteiger partial charge in [0.15, 0.2) is 0 Å². The molecule has 1 saturated heterocycles. The molecule has 1 fully saturated rings. The first-order chi connectivity index (χ1) is 11.7. The maximum atomic E-state index is 4.64. The van der Waals surface area contributed by atoms with Crippen LogP contribution in [0.4, 0.5) is 11.4 Å². The third kappa shape index (κ3) is 2.73. The Hall–Kier alpha value is -2.49. The van der Waals surface area contributed by atoms with E-state index in [1.54, 1.807) is 0 Å². The van der Waals surface area contributed by atoms with Crippen molar-refractivity contribution in [1.82, 2.24) is 9.97 Å². The zero-order chi connectivity index (χ0) is 16.5. The number of fused-ring (bicyclic) bond motifs is 1. The van der Waals surface area contributed by atoms with E-state index in [-0.39, 0.29) is 0 Å². The molecule has 3 heterocycles. The van der Waals surface area contributed by atoms with Gasteiger partial charge in [0.05, 0.1) is 5.69 Å². The van der Waals surface area contributed by atoms with Crippen molar-refractivity contribution in [1.29, 1.82) is 0 Å². The Kier molecular flexibility index (Phi) is 3.89. The van der Waals surface area contributed by atoms with Crippen molar-refractivity contribution in [2.24, 2.45) is 0 Å². The predicted octanol–water partition coefficient (Wildman–Crippen LogP) is 4.29. The number of aromatic amines is 1. The van der Waals surface area contributed by atoms with E-state index in [4.69, 9.17) is 0 Å². The molecule has 1 aromatic carbocycles. The highest BCUT2D eigenvalue weighted by molar-refractivity contribution is 5.93. The first kappa shape index (κ1) is 15.1. The minimum atomic E-state index is 0.976. The highest BCUT2D eigenvalue weighted by Crippen LogP contribution is 2.31. The van der Waals surface area contributed by atoms with Crippen LogP contribution in [-0.2, 0) is 0 Å². The molecule has 0 amide bonds. The number of piperidine rings is 1. The quantitative estimate of drug-likeness (QED) is 0.782. The molecule has 0 saturated carbocycles. The minimum Gasteiger partial charge on any atom is -0.378 e. The lowest BCUT2D eigenvalue weighted by molar-refractivity contribution is 0.579. The molecule has 0 unspecified atom stereocenters. The number of hydrogen-bond acceptors (Lipinski definition) is 3. The molecule has 4 nitrogen and oxygen atoms in total. The first-order valence-corrected chi connectivity index (χ1v) is 8.72. The fourth-order valence-corrected chi connectivity index (χ4v) is 3.50. The Morgan fingerprint density at radius 2 is 1.75 bits per heavy atom. The van der Waals surface area contributed by atoms with Crippen molar-refractivity contribution in [3.05, 3.63) is 42.7 Å². The maximum Gasteiger partial charge on any atom is 0.139 e. The van der Waals surface area contributed by atoms with Crippen LogP contribution >= 0.6 is 0 Å². The van der Waals surface area contributed by atoms with Crippen molar-refractivity contribution in [2.45, 2.75) is 19.3 Å². The fourth-order valence-electron chi connectivity index (χ4n) is 3.50. The van der Waals surface area contributed by atoms with Crippen LogP contribution in [0.25, 0.3) is 22.2 Å². The third-order valence-electron chi connectivity index (χ3n) is 4.92. The number of benzene rings is 1. The highest BCUT2D eigenvalue weighted by atomic mass is 15.1. The molecule has 24 heavy (non-hydrogen) atoms. The van der Waals surface area contributed by atoms with Crippen LogP contribution in [-0.4, -0.2) is 37.2 Å². The van der Waals surface area contributed by atoms with Crippen LogP contribution in [0.5, 0.6) is 0 Å². The van der Waals surface area contributed by atoms with E-state index in [1.165, 1.54) is 47.2 Å². The molecule has 0 aliphatic carbocycles. The van der Waals surface area contributed by atoms with Gasteiger partial charge < -0.3 is 14.8 Å². The Bertz CT molecular complexity index is 826. The van der Waals surface area contributed by atoms with Gasteiger partial charge in [-0.05, 0) is 43.0 Å². The summed E-state index contributed by atoms with van der Waals surface area (Å²) in [5.41, 5.74) is 5.86. The predicted molar refractivity (Wildman–Crippen MR) is 102 cm³/mol. The van der Waals surface area contributed by atoms with E-state index in [2.05, 4.69) is 70.4 Å². The summed E-state index contributed by atoms with van der Waals surface area (Å²) in [4.78, 5) is 12.6. The van der Waals surface area contributed by atoms with Gasteiger partial charge >= 0.3 is 0 Å². The topological polar surface area (TPSA) is 35.2 Å². The Balaban J connectivity index is 1.71. The van der Waals surface area contributed by atoms with Gasteiger partial charge in [-0.3, -0.25) is 0 Å². The number of nitrogens with one attached hydrogen (secondary N) is 1. The van der Waals surface area contributed by atoms with Gasteiger partial charge in [0, 0.05) is 56.2 Å². The standard InChI is InChI=1S/C20H24N4/c1-23(2)17-8-6-15(7-9-17)16-12-18-19(14-22-20(18)21-13-16)24-10-4-3-5-11-24/h6-9,12-14H,3-5,10-11H2,1-2H3,(H,21,22). The number of aromatic nitrogens is 2. The molecule has 124 valence electrons. The lowest BCUT2D eigenvalue weighted by atomic mass is 10.1. The fraction of sp³-hybridized carbons (Fsp3) is 0.350. The largest absolute Gasteiger partial charge is 0.378 e. The van der Waals surface area contributed by atoms with Crippen LogP contribution in [0, 0.1) is 0 Å². The maximum absolute atomic E-state index is 4.64. The zero-order valence-corrected chi connectivity index (χ0v) is 14.4. The summed E-state index contributed by atoms with van der Waals surface area (Å²) in [7, 11) is 4.13. The Morgan fingerprint density at radius 3 is 2.46 bits per heavy atom. The SMILES string of the molecule is CN(C)c1ccc(-c2cnc3[nH]cc(N4CCCCC4)c3c2)cc1. The van der Waals surface area contributed by atoms with Gasteiger partial charge in [-0.25, -0.2) is 4.98 Å². The van der Waals surface area contributed by atoms with Crippen LogP contribution in [0.3, 0.4) is 0 Å². The molecular weight excluding hydrogens is 296 g/mol. The molecule has 4 rings (SSSR count). The van der Waals surface area contributed by atoms with E-state index in [1.807, 2.05) is 6.20 Å². The molecule has 4 heteroatoms. The molecule has 0 atom stereocenters. The van der Waals surface area contributed by atoms with Crippen LogP contribution in [0.1, 0.15) is 19.3 Å². The van der Waals surface area contributed by atoms with E-state index in [0.717, 1.165) is 18.7 Å². The molecule has 0 bridgehead atoms. The summed E-state index contributed by atoms with van der Waals surface area (Å²) >= 11 is 0. The summed E-state index contributed by atoms with van der Waals surface area (Å²) in [5, 5.41) is 1.23. The second-order valence-corrected chi connectivity index (χ2v) is 6.78. The smallest absolute Gasteiger partial charge is 0.139 e. The third-order valence-corrected chi connectivity index (χ3v) is 4.92. The number of rotatable bonds is 3. The molecule has 0 radical (unpaired) electrons. The van der Waals surface area contributed by atoms with Gasteiger partial charge in [-0.15, -0.1) is 0 Å². The van der Waals surface area contributed by atoms with Gasteiger partial charge in [-0.1, -0.05) is 12.1 Å². The van der Waals surface area contributed by atoms with E-state index < -0.39 is 0 Å². The molecule has 1 aliphatic rings. The Morgan fingerprint density at radius 1 is 1.00 bits per heavy atom. The normalized spacial score (nSPS) is 15.0. The second-order valence-electron chi connectivity index (χ2n) is 6.78. The van der Waals surface area contributed by atoms with Crippen molar-refractivity contribution in [2.75, 3.05) is 37.0 Å². The van der Waals surface area contributed by atoms with Gasteiger partial charge in [0.1, 0.15) is 5.65 Å². The van der Waals surface area contributed by atoms with Gasteiger partial charge in [0.25, 0.3) is 0 Å². The molecular formula is C20H24N4. The molecule has 1 aliphatic heterocycles. The summed E-state index contributed by atoms with van der Waals surface area (Å²) < 4.78 is 0. The lowest BCUT2D eigenvalue weighted by Gasteiger charge is -2.28. The summed E-state index contributed by atoms with van der Waals surface area (Å²) in [6.07, 6.45) is 7.99. The van der Waals surface area contributed by atoms with Crippen molar-refractivity contribution < 1.29 is 0 Å². The van der Waals surface area contributed by atoms with E-state index in [9.17, 15) is 0 Å². The molecule has 3 aromatic rings. The van der Waals surface area contributed by atoms with Crippen molar-refractivity contribution in [3.63, 3.8) is 0 Å². The van der Waals surface area contributed by atoms with Crippen molar-refractivity contribution in [3.8, 4) is 11.1 Å². The monoisotopic (exact) mass is 320 g/mol. The van der Waals surface area contributed by atoms with Crippen LogP contribution in [0.2, 0.25) is 0 Å². The van der Waals surface area contributed by atoms with Gasteiger partial charge in [0.2, 0.25) is 0 Å². The highest BCUT2D eigenvalue weighted by Gasteiger charge is 2.16. The second kappa shape index (κ2) is 6.19. The number of H-pyrrole nitrogens is 1. The lowest BCUT2D eigenvalue weighted by Crippen LogP contribution is -2.29. The molecule has 0 spiro atoms. The minimum absolute atomic E-state index is 0.976. The average Bonchev–Trinajstić information content (AvgIpc) is 3.05. The van der Waals surface area contributed by atoms with E-state index >= 15 is 0 Å². The van der Waals surface area contributed by atoms with Gasteiger partial charge in [-0.2, -0.15) is 0 Å². The first-order valence-electron chi connectivity index (χ1n) is 8.72. The Labute approximate surface area is 143 Å². The van der Waals surface area contributed by atoms with Crippen LogP contribution < -0.4 is 9.80 Å². The van der Waals surface area contributed by atoms with Crippen LogP contribution in [0.15, 0.2) is 42.7 Å². The summed E-state index contributed by atoms with van der Waals surface area (Å²) in [6.45, 7) is 2.30. The number of pyridine rings is 1. The summed E-state index contributed by atoms with van der Waals surface area (Å²) in [5.74, 6) is 0. The number of nitrogens with zero attached hydrogens (tertiary/aromatic N) is 3. The van der Waals surface area contributed by atoms with E-state index in [0.29, 0.717) is 0 Å². The molecule has 1 N–H and O–H groups in total. The molecule has 2 aromatic heterocycles. The zero-order valence-electron chi connectivity index (χ0n) is 14.4. The number of hydrogen-bond donors (Lipinski definition) is 1. The average molecular weight is 320 g/mol.